The molecule has 0 aliphatic rings. The Kier molecular flexibility index (Phi) is 7.97. The molecule has 4 rings (SSSR count). The first-order valence-electron chi connectivity index (χ1n) is 12.3. The highest BCUT2D eigenvalue weighted by molar-refractivity contribution is 7.22. The third kappa shape index (κ3) is 5.78. The molecule has 0 radical (unpaired) electrons. The van der Waals surface area contributed by atoms with Crippen LogP contribution in [-0.2, 0) is 16.1 Å². The van der Waals surface area contributed by atoms with Gasteiger partial charge in [0, 0.05) is 23.9 Å². The number of carbonyl (C=O) groups excluding carboxylic acids is 3. The van der Waals surface area contributed by atoms with E-state index in [1.807, 2.05) is 18.2 Å². The summed E-state index contributed by atoms with van der Waals surface area (Å²) in [6.07, 6.45) is 0.580. The van der Waals surface area contributed by atoms with Gasteiger partial charge in [0.2, 0.25) is 0 Å². The maximum atomic E-state index is 13.7. The number of nitrogens with zero attached hydrogens (tertiary/aromatic N) is 1. The van der Waals surface area contributed by atoms with Crippen LogP contribution in [0.2, 0.25) is 0 Å². The Balaban J connectivity index is 1.65. The van der Waals surface area contributed by atoms with Gasteiger partial charge in [0.25, 0.3) is 11.5 Å². The summed E-state index contributed by atoms with van der Waals surface area (Å²) in [6, 6.07) is 16.1. The van der Waals surface area contributed by atoms with Crippen molar-refractivity contribution in [1.29, 1.82) is 0 Å². The van der Waals surface area contributed by atoms with Crippen molar-refractivity contribution in [1.82, 2.24) is 9.88 Å². The Morgan fingerprint density at radius 3 is 2.37 bits per heavy atom. The second-order valence-electron chi connectivity index (χ2n) is 9.81. The second-order valence-corrected chi connectivity index (χ2v) is 10.8. The number of carbonyl (C=O) groups is 3. The number of amides is 1. The fraction of sp³-hybridized carbons (Fsp3) is 0.310. The molecule has 0 bridgehead atoms. The van der Waals surface area contributed by atoms with E-state index in [0.29, 0.717) is 22.2 Å². The average Bonchev–Trinajstić information content (AvgIpc) is 3.28. The molecule has 1 N–H and O–H groups in total. The lowest BCUT2D eigenvalue weighted by molar-refractivity contribution is -0.154. The summed E-state index contributed by atoms with van der Waals surface area (Å²) < 4.78 is 12.9. The van der Waals surface area contributed by atoms with E-state index in [9.17, 15) is 19.2 Å². The van der Waals surface area contributed by atoms with E-state index >= 15 is 0 Å². The second kappa shape index (κ2) is 11.2. The summed E-state index contributed by atoms with van der Waals surface area (Å²) in [4.78, 5) is 52.0. The zero-order chi connectivity index (χ0) is 27.4. The van der Waals surface area contributed by atoms with Gasteiger partial charge in [-0.25, -0.2) is 0 Å². The van der Waals surface area contributed by atoms with Gasteiger partial charge in [-0.05, 0) is 33.3 Å². The van der Waals surface area contributed by atoms with Crippen LogP contribution in [0.15, 0.2) is 59.4 Å². The van der Waals surface area contributed by atoms with Crippen LogP contribution in [0.1, 0.15) is 53.6 Å². The highest BCUT2D eigenvalue weighted by atomic mass is 32.1. The van der Waals surface area contributed by atoms with Crippen LogP contribution >= 0.6 is 11.3 Å². The zero-order valence-electron chi connectivity index (χ0n) is 21.8. The number of fused-ring (bicyclic) bond motifs is 3. The van der Waals surface area contributed by atoms with Gasteiger partial charge in [0.1, 0.15) is 15.9 Å². The number of ether oxygens (including phenoxy) is 2. The molecular weight excluding hydrogens is 504 g/mol. The monoisotopic (exact) mass is 534 g/mol. The number of Topliss-reactive ketones (excluding diaryl/α,β-unsaturated/α-hetero) is 1. The van der Waals surface area contributed by atoms with Gasteiger partial charge in [-0.2, -0.15) is 0 Å². The van der Waals surface area contributed by atoms with E-state index in [1.54, 1.807) is 57.2 Å². The summed E-state index contributed by atoms with van der Waals surface area (Å²) in [5.41, 5.74) is 0.140. The van der Waals surface area contributed by atoms with Gasteiger partial charge >= 0.3 is 5.97 Å². The normalized spacial score (nSPS) is 11.5. The van der Waals surface area contributed by atoms with Crippen LogP contribution in [0.25, 0.3) is 21.0 Å². The molecule has 0 aliphatic heterocycles. The van der Waals surface area contributed by atoms with Gasteiger partial charge < -0.3 is 14.8 Å². The fourth-order valence-corrected chi connectivity index (χ4v) is 5.42. The van der Waals surface area contributed by atoms with Crippen molar-refractivity contribution in [2.45, 2.75) is 45.8 Å². The van der Waals surface area contributed by atoms with Gasteiger partial charge in [-0.3, -0.25) is 23.7 Å². The first-order chi connectivity index (χ1) is 18.1. The molecular formula is C29H30N2O6S. The van der Waals surface area contributed by atoms with Gasteiger partial charge in [0.05, 0.1) is 23.9 Å². The van der Waals surface area contributed by atoms with Crippen molar-refractivity contribution < 1.29 is 23.9 Å². The molecule has 2 heterocycles. The highest BCUT2D eigenvalue weighted by Crippen LogP contribution is 2.39. The molecule has 198 valence electrons. The number of benzene rings is 2. The Labute approximate surface area is 224 Å². The highest BCUT2D eigenvalue weighted by Gasteiger charge is 2.25. The Morgan fingerprint density at radius 1 is 1.00 bits per heavy atom. The summed E-state index contributed by atoms with van der Waals surface area (Å²) >= 11 is 1.17. The Bertz CT molecular complexity index is 1560. The maximum Gasteiger partial charge on any atom is 0.306 e. The van der Waals surface area contributed by atoms with E-state index in [0.717, 1.165) is 5.39 Å². The molecule has 0 saturated carbocycles. The number of para-hydroxylation sites is 1. The predicted molar refractivity (Wildman–Crippen MR) is 148 cm³/mol. The molecule has 0 unspecified atom stereocenters. The lowest BCUT2D eigenvalue weighted by Crippen LogP contribution is -2.27. The average molecular weight is 535 g/mol. The third-order valence-electron chi connectivity index (χ3n) is 5.83. The lowest BCUT2D eigenvalue weighted by Gasteiger charge is -2.19. The van der Waals surface area contributed by atoms with E-state index in [4.69, 9.17) is 9.47 Å². The number of esters is 1. The first kappa shape index (κ1) is 27.1. The third-order valence-corrected chi connectivity index (χ3v) is 7.04. The number of ketones is 1. The lowest BCUT2D eigenvalue weighted by atomic mass is 10.1. The van der Waals surface area contributed by atoms with E-state index < -0.39 is 17.1 Å². The molecule has 2 aromatic heterocycles. The van der Waals surface area contributed by atoms with Gasteiger partial charge in [-0.1, -0.05) is 48.5 Å². The molecule has 38 heavy (non-hydrogen) atoms. The zero-order valence-corrected chi connectivity index (χ0v) is 22.6. The topological polar surface area (TPSA) is 104 Å². The fourth-order valence-electron chi connectivity index (χ4n) is 4.21. The molecule has 1 amide bonds. The predicted octanol–water partition coefficient (Wildman–Crippen LogP) is 4.96. The molecule has 0 fully saturated rings. The van der Waals surface area contributed by atoms with Crippen LogP contribution in [-0.4, -0.2) is 41.5 Å². The number of hydrogen-bond donors (Lipinski definition) is 1. The number of pyridine rings is 1. The molecule has 0 atom stereocenters. The molecule has 2 aromatic carbocycles. The Morgan fingerprint density at radius 2 is 1.68 bits per heavy atom. The van der Waals surface area contributed by atoms with Crippen molar-refractivity contribution in [3.8, 4) is 5.75 Å². The summed E-state index contributed by atoms with van der Waals surface area (Å²) in [7, 11) is 1.41. The first-order valence-corrected chi connectivity index (χ1v) is 13.1. The molecule has 0 saturated heterocycles. The Hall–Kier alpha value is -3.98. The smallest absolute Gasteiger partial charge is 0.306 e. The van der Waals surface area contributed by atoms with Crippen LogP contribution in [0.4, 0.5) is 0 Å². The van der Waals surface area contributed by atoms with Gasteiger partial charge in [0.15, 0.2) is 11.5 Å². The number of methoxy groups -OCH3 is 1. The number of hydrogen-bond acceptors (Lipinski definition) is 7. The minimum Gasteiger partial charge on any atom is -0.494 e. The molecule has 8 nitrogen and oxygen atoms in total. The number of thiophene rings is 1. The van der Waals surface area contributed by atoms with Crippen molar-refractivity contribution in [3.63, 3.8) is 0 Å². The SMILES string of the molecule is COc1c(C(=O)NCCCC(=O)OC(C)(C)C)sc2c1c(=O)n(CC(=O)c1ccccc1)c1ccccc21. The molecule has 0 aliphatic carbocycles. The minimum atomic E-state index is -0.563. The quantitative estimate of drug-likeness (QED) is 0.185. The van der Waals surface area contributed by atoms with Crippen molar-refractivity contribution >= 4 is 50.0 Å². The number of rotatable bonds is 9. The molecule has 9 heteroatoms. The number of nitrogens with one attached hydrogen (secondary N) is 1. The van der Waals surface area contributed by atoms with E-state index in [-0.39, 0.29) is 47.3 Å². The number of aromatic nitrogens is 1. The van der Waals surface area contributed by atoms with Crippen molar-refractivity contribution in [3.05, 3.63) is 75.4 Å². The minimum absolute atomic E-state index is 0.148. The maximum absolute atomic E-state index is 13.7. The van der Waals surface area contributed by atoms with Crippen LogP contribution in [0.3, 0.4) is 0 Å². The summed E-state index contributed by atoms with van der Waals surface area (Å²) in [5, 5.41) is 3.82. The van der Waals surface area contributed by atoms with Crippen LogP contribution in [0, 0.1) is 0 Å². The van der Waals surface area contributed by atoms with Crippen molar-refractivity contribution in [2.24, 2.45) is 0 Å². The molecule has 4 aromatic rings. The molecule has 0 spiro atoms. The van der Waals surface area contributed by atoms with E-state index in [2.05, 4.69) is 5.32 Å². The van der Waals surface area contributed by atoms with Gasteiger partial charge in [-0.15, -0.1) is 11.3 Å². The van der Waals surface area contributed by atoms with E-state index in [1.165, 1.54) is 23.0 Å². The van der Waals surface area contributed by atoms with Crippen LogP contribution < -0.4 is 15.6 Å². The van der Waals surface area contributed by atoms with Crippen molar-refractivity contribution in [2.75, 3.05) is 13.7 Å². The standard InChI is InChI=1S/C29H30N2O6S/c1-29(2,3)37-22(33)15-10-16-30-27(34)26-24(36-4)23-25(38-26)19-13-8-9-14-20(19)31(28(23)35)17-21(32)18-11-6-5-7-12-18/h5-9,11-14H,10,15-17H2,1-4H3,(H,30,34). The summed E-state index contributed by atoms with van der Waals surface area (Å²) in [5.74, 6) is -0.758. The largest absolute Gasteiger partial charge is 0.494 e. The summed E-state index contributed by atoms with van der Waals surface area (Å²) in [6.45, 7) is 5.51. The van der Waals surface area contributed by atoms with Crippen LogP contribution in [0.5, 0.6) is 5.75 Å².